The summed E-state index contributed by atoms with van der Waals surface area (Å²) in [5, 5.41) is 10.1. The van der Waals surface area contributed by atoms with E-state index in [-0.39, 0.29) is 16.9 Å². The van der Waals surface area contributed by atoms with E-state index in [4.69, 9.17) is 4.42 Å². The van der Waals surface area contributed by atoms with E-state index in [1.165, 1.54) is 12.1 Å². The van der Waals surface area contributed by atoms with Crippen molar-refractivity contribution in [3.05, 3.63) is 57.2 Å². The Labute approximate surface area is 152 Å². The lowest BCUT2D eigenvalue weighted by Crippen LogP contribution is -2.08. The summed E-state index contributed by atoms with van der Waals surface area (Å²) in [5.74, 6) is -0.455. The van der Waals surface area contributed by atoms with Crippen molar-refractivity contribution in [1.82, 2.24) is 0 Å². The molecular weight excluding hydrogens is 328 g/mol. The molecule has 0 amide bonds. The van der Waals surface area contributed by atoms with Crippen molar-refractivity contribution in [3.63, 3.8) is 0 Å². The fourth-order valence-corrected chi connectivity index (χ4v) is 3.25. The zero-order chi connectivity index (χ0) is 19.0. The highest BCUT2D eigenvalue weighted by Crippen LogP contribution is 2.33. The number of benzene rings is 2. The van der Waals surface area contributed by atoms with Gasteiger partial charge >= 0.3 is 5.97 Å². The van der Waals surface area contributed by atoms with E-state index in [2.05, 4.69) is 33.8 Å². The molecule has 1 N–H and O–H groups in total. The molecule has 0 saturated heterocycles. The summed E-state index contributed by atoms with van der Waals surface area (Å²) in [5.41, 5.74) is 3.13. The normalized spacial score (nSPS) is 13.8. The monoisotopic (exact) mass is 352 g/mol. The fraction of sp³-hybridized carbons (Fsp3) is 0.364. The predicted octanol–water partition coefficient (Wildman–Crippen LogP) is 5.67. The van der Waals surface area contributed by atoms with Gasteiger partial charge in [0, 0.05) is 0 Å². The Morgan fingerprint density at radius 2 is 1.73 bits per heavy atom. The molecule has 4 heteroatoms. The molecule has 1 heterocycles. The number of aromatic carboxylic acids is 1. The predicted molar refractivity (Wildman–Crippen MR) is 104 cm³/mol. The maximum absolute atomic E-state index is 13.1. The third-order valence-electron chi connectivity index (χ3n) is 5.39. The lowest BCUT2D eigenvalue weighted by atomic mass is 9.89. The van der Waals surface area contributed by atoms with Gasteiger partial charge in [-0.05, 0) is 60.1 Å². The van der Waals surface area contributed by atoms with Gasteiger partial charge in [0.05, 0.1) is 16.3 Å². The van der Waals surface area contributed by atoms with Crippen molar-refractivity contribution in [2.45, 2.75) is 52.4 Å². The third-order valence-corrected chi connectivity index (χ3v) is 5.39. The van der Waals surface area contributed by atoms with Crippen LogP contribution in [0.4, 0.5) is 0 Å². The summed E-state index contributed by atoms with van der Waals surface area (Å²) in [7, 11) is 0. The van der Waals surface area contributed by atoms with Gasteiger partial charge in [-0.1, -0.05) is 33.8 Å². The van der Waals surface area contributed by atoms with Gasteiger partial charge in [-0.2, -0.15) is 0 Å². The van der Waals surface area contributed by atoms with E-state index < -0.39 is 5.97 Å². The number of fused-ring (bicyclic) bond motifs is 2. The molecule has 1 aromatic heterocycles. The average molecular weight is 352 g/mol. The molecule has 4 nitrogen and oxygen atoms in total. The first-order chi connectivity index (χ1) is 12.4. The van der Waals surface area contributed by atoms with Crippen LogP contribution in [0, 0.1) is 0 Å². The summed E-state index contributed by atoms with van der Waals surface area (Å²) < 4.78 is 6.09. The number of carbonyl (C=O) groups is 1. The molecule has 0 radical (unpaired) electrons. The van der Waals surface area contributed by atoms with Crippen LogP contribution in [-0.4, -0.2) is 11.1 Å². The van der Waals surface area contributed by atoms with Crippen LogP contribution >= 0.6 is 0 Å². The van der Waals surface area contributed by atoms with Crippen molar-refractivity contribution in [3.8, 4) is 0 Å². The highest BCUT2D eigenvalue weighted by atomic mass is 16.4. The van der Waals surface area contributed by atoms with Gasteiger partial charge in [-0.25, -0.2) is 4.79 Å². The summed E-state index contributed by atoms with van der Waals surface area (Å²) in [6, 6.07) is 8.51. The Morgan fingerprint density at radius 1 is 1.04 bits per heavy atom. The van der Waals surface area contributed by atoms with Crippen LogP contribution in [0.2, 0.25) is 0 Å². The van der Waals surface area contributed by atoms with Gasteiger partial charge in [-0.3, -0.25) is 4.79 Å². The molecule has 0 aliphatic heterocycles. The molecule has 3 aromatic rings. The van der Waals surface area contributed by atoms with Crippen LogP contribution < -0.4 is 5.43 Å². The Hall–Kier alpha value is -2.62. The quantitative estimate of drug-likeness (QED) is 0.601. The Kier molecular flexibility index (Phi) is 4.86. The maximum Gasteiger partial charge on any atom is 0.335 e. The van der Waals surface area contributed by atoms with E-state index in [9.17, 15) is 14.7 Å². The van der Waals surface area contributed by atoms with Crippen LogP contribution in [0.25, 0.3) is 21.9 Å². The largest absolute Gasteiger partial charge is 0.478 e. The van der Waals surface area contributed by atoms with Crippen molar-refractivity contribution in [2.24, 2.45) is 0 Å². The van der Waals surface area contributed by atoms with Gasteiger partial charge in [0.15, 0.2) is 0 Å². The van der Waals surface area contributed by atoms with Crippen molar-refractivity contribution >= 4 is 27.9 Å². The average Bonchev–Trinajstić information content (AvgIpc) is 2.65. The molecule has 0 aliphatic rings. The number of hydrogen-bond acceptors (Lipinski definition) is 3. The molecule has 2 unspecified atom stereocenters. The summed E-state index contributed by atoms with van der Waals surface area (Å²) in [6.45, 7) is 8.52. The number of carboxylic acid groups (broad SMARTS) is 1. The van der Waals surface area contributed by atoms with E-state index in [0.29, 0.717) is 27.9 Å². The number of rotatable bonds is 5. The van der Waals surface area contributed by atoms with Crippen LogP contribution in [-0.2, 0) is 0 Å². The third kappa shape index (κ3) is 3.00. The van der Waals surface area contributed by atoms with Gasteiger partial charge in [-0.15, -0.1) is 0 Å². The molecule has 0 aliphatic carbocycles. The van der Waals surface area contributed by atoms with Gasteiger partial charge < -0.3 is 9.52 Å². The highest BCUT2D eigenvalue weighted by Gasteiger charge is 2.18. The zero-order valence-corrected chi connectivity index (χ0v) is 15.6. The molecule has 3 rings (SSSR count). The molecule has 136 valence electrons. The first-order valence-electron chi connectivity index (χ1n) is 9.15. The number of carboxylic acids is 1. The Morgan fingerprint density at radius 3 is 2.35 bits per heavy atom. The molecule has 0 fully saturated rings. The molecule has 0 bridgehead atoms. The van der Waals surface area contributed by atoms with E-state index in [1.54, 1.807) is 6.07 Å². The second-order valence-electron chi connectivity index (χ2n) is 7.05. The molecule has 0 saturated carbocycles. The van der Waals surface area contributed by atoms with Crippen LogP contribution in [0.1, 0.15) is 73.9 Å². The SMILES string of the molecule is CCC(C)c1cc(C(C)CC)c2oc3ccc(C(=O)O)cc3c(=O)c2c1. The van der Waals surface area contributed by atoms with Crippen molar-refractivity contribution in [2.75, 3.05) is 0 Å². The first kappa shape index (κ1) is 18.2. The molecule has 0 spiro atoms. The Bertz CT molecular complexity index is 1050. The van der Waals surface area contributed by atoms with E-state index in [0.717, 1.165) is 24.0 Å². The zero-order valence-electron chi connectivity index (χ0n) is 15.6. The molecule has 2 atom stereocenters. The second-order valence-corrected chi connectivity index (χ2v) is 7.05. The summed E-state index contributed by atoms with van der Waals surface area (Å²) in [4.78, 5) is 24.4. The van der Waals surface area contributed by atoms with Gasteiger partial charge in [0.25, 0.3) is 0 Å². The maximum atomic E-state index is 13.1. The lowest BCUT2D eigenvalue weighted by molar-refractivity contribution is 0.0697. The second kappa shape index (κ2) is 6.94. The van der Waals surface area contributed by atoms with E-state index >= 15 is 0 Å². The van der Waals surface area contributed by atoms with Gasteiger partial charge in [0.2, 0.25) is 5.43 Å². The standard InChI is InChI=1S/C22H24O4/c1-5-12(3)15-10-16(13(4)6-2)21-18(11-15)20(23)17-9-14(22(24)25)7-8-19(17)26-21/h7-13H,5-6H2,1-4H3,(H,24,25). The number of hydrogen-bond donors (Lipinski definition) is 1. The Balaban J connectivity index is 2.43. The molecular formula is C22H24O4. The van der Waals surface area contributed by atoms with Gasteiger partial charge in [0.1, 0.15) is 11.2 Å². The van der Waals surface area contributed by atoms with E-state index in [1.807, 2.05) is 6.07 Å². The minimum atomic E-state index is -1.06. The summed E-state index contributed by atoms with van der Waals surface area (Å²) in [6.07, 6.45) is 1.92. The van der Waals surface area contributed by atoms with Crippen molar-refractivity contribution in [1.29, 1.82) is 0 Å². The smallest absolute Gasteiger partial charge is 0.335 e. The molecule has 2 aromatic carbocycles. The minimum absolute atomic E-state index is 0.0874. The molecule has 26 heavy (non-hydrogen) atoms. The van der Waals surface area contributed by atoms with Crippen LogP contribution in [0.3, 0.4) is 0 Å². The van der Waals surface area contributed by atoms with Crippen LogP contribution in [0.5, 0.6) is 0 Å². The topological polar surface area (TPSA) is 67.5 Å². The summed E-state index contributed by atoms with van der Waals surface area (Å²) >= 11 is 0. The van der Waals surface area contributed by atoms with Crippen LogP contribution in [0.15, 0.2) is 39.5 Å². The first-order valence-corrected chi connectivity index (χ1v) is 9.15. The highest BCUT2D eigenvalue weighted by molar-refractivity contribution is 5.96. The fourth-order valence-electron chi connectivity index (χ4n) is 3.25. The minimum Gasteiger partial charge on any atom is -0.478 e. The lowest BCUT2D eigenvalue weighted by Gasteiger charge is -2.17. The van der Waals surface area contributed by atoms with Crippen molar-refractivity contribution < 1.29 is 14.3 Å².